The van der Waals surface area contributed by atoms with Crippen molar-refractivity contribution < 1.29 is 34.2 Å². The number of carboxylic acids is 3. The zero-order valence-corrected chi connectivity index (χ0v) is 21.5. The first-order valence-electron chi connectivity index (χ1n) is 13.5. The number of carbonyl (C=O) groups is 3. The largest absolute Gasteiger partial charge is 0.481 e. The maximum atomic E-state index is 11.1. The van der Waals surface area contributed by atoms with Crippen LogP contribution in [0.4, 0.5) is 0 Å². The molecule has 0 fully saturated rings. The number of rotatable bonds is 25. The number of quaternary nitrogens is 1. The summed E-state index contributed by atoms with van der Waals surface area (Å²) in [6.07, 6.45) is 21.3. The smallest absolute Gasteiger partial charge is 0.309 e. The molecule has 0 saturated heterocycles. The lowest BCUT2D eigenvalue weighted by Gasteiger charge is -2.38. The minimum atomic E-state index is -0.933. The van der Waals surface area contributed by atoms with Crippen molar-refractivity contribution in [1.29, 1.82) is 0 Å². The van der Waals surface area contributed by atoms with Crippen LogP contribution in [-0.2, 0) is 14.4 Å². The Hall–Kier alpha value is -1.89. The van der Waals surface area contributed by atoms with Gasteiger partial charge in [0.25, 0.3) is 0 Å². The third kappa shape index (κ3) is 20.7. The first kappa shape index (κ1) is 32.1. The van der Waals surface area contributed by atoms with Crippen molar-refractivity contribution in [2.45, 2.75) is 116 Å². The molecule has 0 aromatic heterocycles. The SMILES string of the molecule is CC/C=C/CCCCCCCCCCCCCC[N+](CCC(=O)O)(CCC(=O)O)CCC(=O)O. The maximum Gasteiger partial charge on any atom is 0.309 e. The molecule has 0 radical (unpaired) electrons. The first-order valence-corrected chi connectivity index (χ1v) is 13.5. The van der Waals surface area contributed by atoms with Crippen molar-refractivity contribution in [2.24, 2.45) is 0 Å². The Balaban J connectivity index is 4.07. The Bertz CT molecular complexity index is 530. The van der Waals surface area contributed by atoms with Gasteiger partial charge in [-0.1, -0.05) is 76.9 Å². The fraction of sp³-hybridized carbons (Fsp3) is 0.815. The van der Waals surface area contributed by atoms with Crippen LogP contribution in [0.1, 0.15) is 116 Å². The van der Waals surface area contributed by atoms with Crippen molar-refractivity contribution in [1.82, 2.24) is 0 Å². The van der Waals surface area contributed by atoms with Crippen LogP contribution >= 0.6 is 0 Å². The van der Waals surface area contributed by atoms with Crippen molar-refractivity contribution in [2.75, 3.05) is 26.2 Å². The van der Waals surface area contributed by atoms with E-state index in [1.54, 1.807) is 0 Å². The van der Waals surface area contributed by atoms with E-state index >= 15 is 0 Å². The Labute approximate surface area is 206 Å². The molecule has 0 unspecified atom stereocenters. The van der Waals surface area contributed by atoms with E-state index in [0.29, 0.717) is 6.54 Å². The van der Waals surface area contributed by atoms with Crippen LogP contribution < -0.4 is 0 Å². The summed E-state index contributed by atoms with van der Waals surface area (Å²) in [6, 6.07) is 0. The van der Waals surface area contributed by atoms with Crippen molar-refractivity contribution in [3.8, 4) is 0 Å². The molecule has 0 amide bonds. The van der Waals surface area contributed by atoms with Crippen LogP contribution in [0.2, 0.25) is 0 Å². The Morgan fingerprint density at radius 2 is 0.882 bits per heavy atom. The molecule has 0 aliphatic heterocycles. The van der Waals surface area contributed by atoms with E-state index in [1.165, 1.54) is 64.2 Å². The lowest BCUT2D eigenvalue weighted by molar-refractivity contribution is -0.927. The summed E-state index contributed by atoms with van der Waals surface area (Å²) in [6.45, 7) is 3.66. The summed E-state index contributed by atoms with van der Waals surface area (Å²) in [5.74, 6) is -2.80. The highest BCUT2D eigenvalue weighted by atomic mass is 16.4. The van der Waals surface area contributed by atoms with Crippen molar-refractivity contribution >= 4 is 17.9 Å². The van der Waals surface area contributed by atoms with E-state index in [9.17, 15) is 14.4 Å². The van der Waals surface area contributed by atoms with Gasteiger partial charge in [0.1, 0.15) is 0 Å². The number of unbranched alkanes of at least 4 members (excludes halogenated alkanes) is 12. The van der Waals surface area contributed by atoms with Gasteiger partial charge in [-0.2, -0.15) is 0 Å². The van der Waals surface area contributed by atoms with Crippen molar-refractivity contribution in [3.05, 3.63) is 12.2 Å². The zero-order chi connectivity index (χ0) is 25.5. The molecule has 0 heterocycles. The average Bonchev–Trinajstić information content (AvgIpc) is 2.79. The molecule has 0 bridgehead atoms. The highest BCUT2D eigenvalue weighted by Gasteiger charge is 2.29. The van der Waals surface area contributed by atoms with Crippen LogP contribution in [0.5, 0.6) is 0 Å². The molecule has 7 heteroatoms. The molecule has 34 heavy (non-hydrogen) atoms. The average molecular weight is 485 g/mol. The fourth-order valence-electron chi connectivity index (χ4n) is 4.43. The van der Waals surface area contributed by atoms with Gasteiger partial charge in [0.05, 0.1) is 45.4 Å². The second-order valence-corrected chi connectivity index (χ2v) is 9.58. The summed E-state index contributed by atoms with van der Waals surface area (Å²) in [4.78, 5) is 33.3. The number of carboxylic acid groups (broad SMARTS) is 3. The maximum absolute atomic E-state index is 11.1. The lowest BCUT2D eigenvalue weighted by Crippen LogP contribution is -2.52. The minimum absolute atomic E-state index is 0.0743. The van der Waals surface area contributed by atoms with E-state index in [1.807, 2.05) is 0 Å². The zero-order valence-electron chi connectivity index (χ0n) is 21.5. The molecule has 0 aromatic rings. The fourth-order valence-corrected chi connectivity index (χ4v) is 4.43. The molecule has 0 saturated carbocycles. The summed E-state index contributed by atoms with van der Waals surface area (Å²) in [5, 5.41) is 27.3. The Kier molecular flexibility index (Phi) is 20.4. The molecule has 0 atom stereocenters. The second-order valence-electron chi connectivity index (χ2n) is 9.58. The molecule has 0 aliphatic rings. The van der Waals surface area contributed by atoms with Crippen LogP contribution in [0, 0.1) is 0 Å². The highest BCUT2D eigenvalue weighted by Crippen LogP contribution is 2.17. The minimum Gasteiger partial charge on any atom is -0.481 e. The van der Waals surface area contributed by atoms with Crippen LogP contribution in [0.3, 0.4) is 0 Å². The van der Waals surface area contributed by atoms with E-state index < -0.39 is 17.9 Å². The first-order chi connectivity index (χ1) is 16.3. The van der Waals surface area contributed by atoms with E-state index in [0.717, 1.165) is 25.7 Å². The molecule has 0 aliphatic carbocycles. The van der Waals surface area contributed by atoms with Gasteiger partial charge in [0.2, 0.25) is 0 Å². The Morgan fingerprint density at radius 3 is 1.24 bits per heavy atom. The van der Waals surface area contributed by atoms with Gasteiger partial charge in [-0.25, -0.2) is 0 Å². The molecule has 0 aromatic carbocycles. The number of nitrogens with zero attached hydrogens (tertiary/aromatic N) is 1. The summed E-state index contributed by atoms with van der Waals surface area (Å²) >= 11 is 0. The summed E-state index contributed by atoms with van der Waals surface area (Å²) < 4.78 is 0.264. The monoisotopic (exact) mass is 484 g/mol. The second kappa shape index (κ2) is 21.6. The molecule has 7 nitrogen and oxygen atoms in total. The number of aliphatic carboxylic acids is 3. The van der Waals surface area contributed by atoms with Crippen molar-refractivity contribution in [3.63, 3.8) is 0 Å². The van der Waals surface area contributed by atoms with Gasteiger partial charge in [0.15, 0.2) is 0 Å². The van der Waals surface area contributed by atoms with Crippen LogP contribution in [0.25, 0.3) is 0 Å². The van der Waals surface area contributed by atoms with Crippen LogP contribution in [0.15, 0.2) is 12.2 Å². The van der Waals surface area contributed by atoms with Gasteiger partial charge in [-0.3, -0.25) is 14.4 Å². The standard InChI is InChI=1S/C27H49NO6/c1-2-3-4-5-6-7-8-9-10-11-12-13-14-15-16-17-21-28(22-18-25(29)30,23-19-26(31)32)24-20-27(33)34/h3-4H,2,5-24H2,1H3,(H2-,29,30,31,32,33,34)/p+1/b4-3+. The highest BCUT2D eigenvalue weighted by molar-refractivity contribution is 5.67. The molecule has 0 spiro atoms. The molecule has 0 rings (SSSR count). The van der Waals surface area contributed by atoms with Gasteiger partial charge in [-0.05, 0) is 32.1 Å². The third-order valence-corrected chi connectivity index (χ3v) is 6.56. The van der Waals surface area contributed by atoms with Gasteiger partial charge in [0, 0.05) is 0 Å². The van der Waals surface area contributed by atoms with E-state index in [4.69, 9.17) is 15.3 Å². The molecular weight excluding hydrogens is 434 g/mol. The number of hydrogen-bond donors (Lipinski definition) is 3. The summed E-state index contributed by atoms with van der Waals surface area (Å²) in [5.41, 5.74) is 0. The molecule has 198 valence electrons. The normalized spacial score (nSPS) is 11.8. The van der Waals surface area contributed by atoms with E-state index in [-0.39, 0.29) is 43.4 Å². The number of allylic oxidation sites excluding steroid dienone is 2. The summed E-state index contributed by atoms with van der Waals surface area (Å²) in [7, 11) is 0. The predicted molar refractivity (Wildman–Crippen MR) is 136 cm³/mol. The quantitative estimate of drug-likeness (QED) is 0.0800. The van der Waals surface area contributed by atoms with Gasteiger partial charge in [-0.15, -0.1) is 0 Å². The third-order valence-electron chi connectivity index (χ3n) is 6.56. The molecule has 3 N–H and O–H groups in total. The van der Waals surface area contributed by atoms with Gasteiger partial charge >= 0.3 is 17.9 Å². The Morgan fingerprint density at radius 1 is 0.529 bits per heavy atom. The van der Waals surface area contributed by atoms with Gasteiger partial charge < -0.3 is 19.8 Å². The molecular formula is C27H50NO6+. The lowest BCUT2D eigenvalue weighted by atomic mass is 10.0. The topological polar surface area (TPSA) is 112 Å². The predicted octanol–water partition coefficient (Wildman–Crippen LogP) is 6.26. The van der Waals surface area contributed by atoms with E-state index in [2.05, 4.69) is 19.1 Å². The van der Waals surface area contributed by atoms with Crippen LogP contribution in [-0.4, -0.2) is 63.9 Å². The number of hydrogen-bond acceptors (Lipinski definition) is 3.